The maximum Gasteiger partial charge on any atom is 0.272 e. The summed E-state index contributed by atoms with van der Waals surface area (Å²) in [6.07, 6.45) is 6.14. The number of nitrogens with zero attached hydrogens (tertiary/aromatic N) is 4. The Morgan fingerprint density at radius 2 is 1.81 bits per heavy atom. The third kappa shape index (κ3) is 5.13. The molecular formula is C23H31FN4O2S. The molecule has 6 nitrogen and oxygen atoms in total. The van der Waals surface area contributed by atoms with Crippen molar-refractivity contribution in [1.29, 1.82) is 0 Å². The van der Waals surface area contributed by atoms with Gasteiger partial charge in [0.15, 0.2) is 5.16 Å². The van der Waals surface area contributed by atoms with Gasteiger partial charge in [-0.2, -0.15) is 0 Å². The van der Waals surface area contributed by atoms with Crippen LogP contribution in [0.5, 0.6) is 0 Å². The maximum absolute atomic E-state index is 13.4. The summed E-state index contributed by atoms with van der Waals surface area (Å²) in [7, 11) is 0. The SMILES string of the molecule is CSc1ncc(C(=O)N2CCC(CN3CC(C)OC(C)C3)CC2)n1-c1ccc(F)cc1. The fraction of sp³-hybridized carbons (Fsp3) is 0.565. The topological polar surface area (TPSA) is 50.6 Å². The lowest BCUT2D eigenvalue weighted by molar-refractivity contribution is -0.0728. The van der Waals surface area contributed by atoms with Crippen molar-refractivity contribution in [3.8, 4) is 5.69 Å². The van der Waals surface area contributed by atoms with Crippen LogP contribution in [-0.2, 0) is 4.74 Å². The van der Waals surface area contributed by atoms with Crippen molar-refractivity contribution in [2.24, 2.45) is 5.92 Å². The van der Waals surface area contributed by atoms with Gasteiger partial charge in [-0.25, -0.2) is 9.37 Å². The van der Waals surface area contributed by atoms with Crippen LogP contribution in [0.4, 0.5) is 4.39 Å². The lowest BCUT2D eigenvalue weighted by Gasteiger charge is -2.39. The van der Waals surface area contributed by atoms with E-state index in [0.717, 1.165) is 56.4 Å². The van der Waals surface area contributed by atoms with Crippen LogP contribution in [0, 0.1) is 11.7 Å². The molecule has 1 aromatic carbocycles. The summed E-state index contributed by atoms with van der Waals surface area (Å²) in [5.41, 5.74) is 1.28. The van der Waals surface area contributed by atoms with Crippen LogP contribution in [0.25, 0.3) is 5.69 Å². The molecular weight excluding hydrogens is 415 g/mol. The molecule has 2 aliphatic rings. The summed E-state index contributed by atoms with van der Waals surface area (Å²) in [5, 5.41) is 0.723. The maximum atomic E-state index is 13.4. The zero-order chi connectivity index (χ0) is 22.0. The minimum atomic E-state index is -0.298. The highest BCUT2D eigenvalue weighted by Gasteiger charge is 2.30. The summed E-state index contributed by atoms with van der Waals surface area (Å²) in [6.45, 7) is 8.82. The van der Waals surface area contributed by atoms with Crippen LogP contribution in [0.3, 0.4) is 0 Å². The number of carbonyl (C=O) groups excluding carboxylic acids is 1. The van der Waals surface area contributed by atoms with Gasteiger partial charge in [0.1, 0.15) is 11.5 Å². The highest BCUT2D eigenvalue weighted by molar-refractivity contribution is 7.98. The Bertz CT molecular complexity index is 885. The number of thioether (sulfide) groups is 1. The number of ether oxygens (including phenoxy) is 1. The fourth-order valence-electron chi connectivity index (χ4n) is 4.75. The molecule has 3 heterocycles. The van der Waals surface area contributed by atoms with Crippen molar-refractivity contribution in [2.75, 3.05) is 39.0 Å². The van der Waals surface area contributed by atoms with Crippen LogP contribution in [-0.4, -0.2) is 76.4 Å². The predicted molar refractivity (Wildman–Crippen MR) is 120 cm³/mol. The van der Waals surface area contributed by atoms with Crippen LogP contribution in [0.2, 0.25) is 0 Å². The largest absolute Gasteiger partial charge is 0.373 e. The van der Waals surface area contributed by atoms with Crippen molar-refractivity contribution in [3.63, 3.8) is 0 Å². The average Bonchev–Trinajstić information content (AvgIpc) is 3.18. The second-order valence-electron chi connectivity index (χ2n) is 8.65. The van der Waals surface area contributed by atoms with Gasteiger partial charge in [0, 0.05) is 38.4 Å². The lowest BCUT2D eigenvalue weighted by atomic mass is 9.95. The minimum absolute atomic E-state index is 0.0100. The normalized spacial score (nSPS) is 23.3. The quantitative estimate of drug-likeness (QED) is 0.656. The first kappa shape index (κ1) is 22.3. The number of benzene rings is 1. The van der Waals surface area contributed by atoms with Crippen molar-refractivity contribution < 1.29 is 13.9 Å². The highest BCUT2D eigenvalue weighted by atomic mass is 32.2. The van der Waals surface area contributed by atoms with Crippen molar-refractivity contribution in [1.82, 2.24) is 19.4 Å². The van der Waals surface area contributed by atoms with E-state index in [1.54, 1.807) is 18.3 Å². The zero-order valence-electron chi connectivity index (χ0n) is 18.5. The van der Waals surface area contributed by atoms with E-state index >= 15 is 0 Å². The first-order valence-corrected chi connectivity index (χ1v) is 12.2. The zero-order valence-corrected chi connectivity index (χ0v) is 19.3. The van der Waals surface area contributed by atoms with Gasteiger partial charge in [-0.15, -0.1) is 0 Å². The molecule has 2 aromatic rings. The van der Waals surface area contributed by atoms with Crippen molar-refractivity contribution in [2.45, 2.75) is 44.1 Å². The molecule has 2 unspecified atom stereocenters. The van der Waals surface area contributed by atoms with Crippen LogP contribution < -0.4 is 0 Å². The molecule has 0 saturated carbocycles. The molecule has 4 rings (SSSR count). The Balaban J connectivity index is 1.41. The van der Waals surface area contributed by atoms with Gasteiger partial charge in [0.05, 0.1) is 18.4 Å². The molecule has 1 aromatic heterocycles. The number of morpholine rings is 1. The molecule has 0 bridgehead atoms. The van der Waals surface area contributed by atoms with Gasteiger partial charge in [0.2, 0.25) is 0 Å². The van der Waals surface area contributed by atoms with Gasteiger partial charge in [-0.1, -0.05) is 11.8 Å². The first-order chi connectivity index (χ1) is 14.9. The van der Waals surface area contributed by atoms with Crippen molar-refractivity contribution >= 4 is 17.7 Å². The number of hydrogen-bond donors (Lipinski definition) is 0. The van der Waals surface area contributed by atoms with Gasteiger partial charge in [-0.05, 0) is 63.1 Å². The number of halogens is 1. The molecule has 1 amide bonds. The van der Waals surface area contributed by atoms with Crippen LogP contribution >= 0.6 is 11.8 Å². The van der Waals surface area contributed by atoms with E-state index in [4.69, 9.17) is 4.74 Å². The molecule has 0 radical (unpaired) electrons. The van der Waals surface area contributed by atoms with Crippen LogP contribution in [0.15, 0.2) is 35.6 Å². The van der Waals surface area contributed by atoms with E-state index in [9.17, 15) is 9.18 Å². The number of rotatable bonds is 5. The molecule has 2 atom stereocenters. The average molecular weight is 447 g/mol. The molecule has 168 valence electrons. The molecule has 8 heteroatoms. The number of imidazole rings is 1. The van der Waals surface area contributed by atoms with Crippen molar-refractivity contribution in [3.05, 3.63) is 42.0 Å². The molecule has 31 heavy (non-hydrogen) atoms. The smallest absolute Gasteiger partial charge is 0.272 e. The second-order valence-corrected chi connectivity index (χ2v) is 9.43. The van der Waals surface area contributed by atoms with Gasteiger partial charge < -0.3 is 9.64 Å². The van der Waals surface area contributed by atoms with Gasteiger partial charge in [0.25, 0.3) is 5.91 Å². The summed E-state index contributed by atoms with van der Waals surface area (Å²) < 4.78 is 21.1. The fourth-order valence-corrected chi connectivity index (χ4v) is 5.29. The number of aromatic nitrogens is 2. The molecule has 0 aliphatic carbocycles. The number of carbonyl (C=O) groups is 1. The Labute approximate surface area is 187 Å². The number of piperidine rings is 1. The molecule has 2 fully saturated rings. The Morgan fingerprint density at radius 1 is 1.16 bits per heavy atom. The number of hydrogen-bond acceptors (Lipinski definition) is 5. The Kier molecular flexibility index (Phi) is 6.99. The second kappa shape index (κ2) is 9.71. The van der Waals surface area contributed by atoms with E-state index in [1.807, 2.05) is 15.7 Å². The van der Waals surface area contributed by atoms with E-state index in [2.05, 4.69) is 23.7 Å². The van der Waals surface area contributed by atoms with E-state index in [-0.39, 0.29) is 23.9 Å². The molecule has 2 aliphatic heterocycles. The Morgan fingerprint density at radius 3 is 2.42 bits per heavy atom. The monoisotopic (exact) mass is 446 g/mol. The van der Waals surface area contributed by atoms with E-state index in [1.165, 1.54) is 23.9 Å². The number of amides is 1. The van der Waals surface area contributed by atoms with E-state index in [0.29, 0.717) is 11.6 Å². The number of likely N-dealkylation sites (tertiary alicyclic amines) is 1. The Hall–Kier alpha value is -1.90. The minimum Gasteiger partial charge on any atom is -0.373 e. The third-order valence-corrected chi connectivity index (χ3v) is 6.78. The molecule has 2 saturated heterocycles. The predicted octanol–water partition coefficient (Wildman–Crippen LogP) is 3.69. The summed E-state index contributed by atoms with van der Waals surface area (Å²) in [6, 6.07) is 6.19. The molecule has 0 spiro atoms. The standard InChI is InChI=1S/C23H31FN4O2S/c1-16-13-26(14-17(2)30-16)15-18-8-10-27(11-9-18)22(29)21-12-25-23(31-3)28(21)20-6-4-19(24)5-7-20/h4-7,12,16-18H,8-11,13-15H2,1-3H3. The van der Waals surface area contributed by atoms with Gasteiger partial charge in [-0.3, -0.25) is 14.3 Å². The summed E-state index contributed by atoms with van der Waals surface area (Å²) in [4.78, 5) is 22.2. The first-order valence-electron chi connectivity index (χ1n) is 11.0. The highest BCUT2D eigenvalue weighted by Crippen LogP contribution is 2.26. The van der Waals surface area contributed by atoms with Crippen LogP contribution in [0.1, 0.15) is 37.2 Å². The van der Waals surface area contributed by atoms with Gasteiger partial charge >= 0.3 is 0 Å². The third-order valence-electron chi connectivity index (χ3n) is 6.13. The summed E-state index contributed by atoms with van der Waals surface area (Å²) in [5.74, 6) is 0.295. The van der Waals surface area contributed by atoms with E-state index < -0.39 is 0 Å². The summed E-state index contributed by atoms with van der Waals surface area (Å²) >= 11 is 1.47. The molecule has 0 N–H and O–H groups in total. The lowest BCUT2D eigenvalue weighted by Crippen LogP contribution is -2.48.